The molecule has 1 amide bonds. The van der Waals surface area contributed by atoms with E-state index in [1.807, 2.05) is 23.2 Å². The van der Waals surface area contributed by atoms with Crippen LogP contribution in [0.3, 0.4) is 0 Å². The highest BCUT2D eigenvalue weighted by Gasteiger charge is 2.31. The molecule has 1 N–H and O–H groups in total. The van der Waals surface area contributed by atoms with Crippen LogP contribution in [0.1, 0.15) is 40.5 Å². The van der Waals surface area contributed by atoms with Crippen molar-refractivity contribution in [3.63, 3.8) is 0 Å². The van der Waals surface area contributed by atoms with Crippen LogP contribution in [0, 0.1) is 17.0 Å². The third-order valence-corrected chi connectivity index (χ3v) is 4.14. The molecule has 22 heavy (non-hydrogen) atoms. The molecule has 2 aromatic rings. The van der Waals surface area contributed by atoms with Crippen LogP contribution in [0.25, 0.3) is 0 Å². The van der Waals surface area contributed by atoms with Crippen molar-refractivity contribution in [2.24, 2.45) is 0 Å². The summed E-state index contributed by atoms with van der Waals surface area (Å²) in [6.45, 7) is 2.36. The van der Waals surface area contributed by atoms with E-state index in [-0.39, 0.29) is 17.6 Å². The SMILES string of the molecule is Cc1cc(C(=O)N2CCCC2c2ccc[nH]2)ccc1[N+](=O)[O-]. The van der Waals surface area contributed by atoms with E-state index in [0.29, 0.717) is 17.7 Å². The van der Waals surface area contributed by atoms with Gasteiger partial charge < -0.3 is 9.88 Å². The molecule has 1 aliphatic rings. The first-order valence-electron chi connectivity index (χ1n) is 7.27. The molecule has 1 atom stereocenters. The molecule has 6 heteroatoms. The second-order valence-electron chi connectivity index (χ2n) is 5.54. The molecule has 3 rings (SSSR count). The molecule has 6 nitrogen and oxygen atoms in total. The van der Waals surface area contributed by atoms with Crippen molar-refractivity contribution in [1.82, 2.24) is 9.88 Å². The lowest BCUT2D eigenvalue weighted by atomic mass is 10.1. The molecule has 0 bridgehead atoms. The number of aromatic nitrogens is 1. The number of nitro benzene ring substituents is 1. The maximum Gasteiger partial charge on any atom is 0.272 e. The predicted octanol–water partition coefficient (Wildman–Crippen LogP) is 3.21. The number of benzene rings is 1. The van der Waals surface area contributed by atoms with Gasteiger partial charge in [0.05, 0.1) is 11.0 Å². The van der Waals surface area contributed by atoms with Crippen LogP contribution < -0.4 is 0 Å². The van der Waals surface area contributed by atoms with Gasteiger partial charge in [-0.15, -0.1) is 0 Å². The first-order chi connectivity index (χ1) is 10.6. The van der Waals surface area contributed by atoms with Gasteiger partial charge in [-0.25, -0.2) is 0 Å². The maximum absolute atomic E-state index is 12.7. The zero-order chi connectivity index (χ0) is 15.7. The van der Waals surface area contributed by atoms with E-state index in [1.165, 1.54) is 12.1 Å². The predicted molar refractivity (Wildman–Crippen MR) is 81.6 cm³/mol. The number of nitrogens with one attached hydrogen (secondary N) is 1. The molecule has 1 aromatic heterocycles. The second kappa shape index (κ2) is 5.63. The van der Waals surface area contributed by atoms with E-state index >= 15 is 0 Å². The highest BCUT2D eigenvalue weighted by Crippen LogP contribution is 2.32. The maximum atomic E-state index is 12.7. The fourth-order valence-corrected chi connectivity index (χ4v) is 3.04. The fourth-order valence-electron chi connectivity index (χ4n) is 3.04. The van der Waals surface area contributed by atoms with E-state index in [2.05, 4.69) is 4.98 Å². The summed E-state index contributed by atoms with van der Waals surface area (Å²) >= 11 is 0. The average Bonchev–Trinajstić information content (AvgIpc) is 3.16. The Morgan fingerprint density at radius 3 is 2.86 bits per heavy atom. The molecule has 1 saturated heterocycles. The third kappa shape index (κ3) is 2.47. The molecule has 1 aromatic carbocycles. The summed E-state index contributed by atoms with van der Waals surface area (Å²) in [4.78, 5) is 28.2. The number of rotatable bonds is 3. The highest BCUT2D eigenvalue weighted by atomic mass is 16.6. The number of carbonyl (C=O) groups is 1. The number of aryl methyl sites for hydroxylation is 1. The molecule has 0 saturated carbocycles. The van der Waals surface area contributed by atoms with E-state index in [9.17, 15) is 14.9 Å². The minimum atomic E-state index is -0.429. The smallest absolute Gasteiger partial charge is 0.272 e. The molecular weight excluding hydrogens is 282 g/mol. The number of amides is 1. The van der Waals surface area contributed by atoms with E-state index in [0.717, 1.165) is 18.5 Å². The Balaban J connectivity index is 1.87. The number of hydrogen-bond donors (Lipinski definition) is 1. The van der Waals surface area contributed by atoms with Crippen molar-refractivity contribution in [3.8, 4) is 0 Å². The van der Waals surface area contributed by atoms with Crippen molar-refractivity contribution >= 4 is 11.6 Å². The van der Waals surface area contributed by atoms with Gasteiger partial charge in [0.15, 0.2) is 0 Å². The topological polar surface area (TPSA) is 79.2 Å². The largest absolute Gasteiger partial charge is 0.363 e. The van der Waals surface area contributed by atoms with Crippen LogP contribution in [-0.2, 0) is 0 Å². The zero-order valence-corrected chi connectivity index (χ0v) is 12.3. The van der Waals surface area contributed by atoms with Crippen LogP contribution >= 0.6 is 0 Å². The van der Waals surface area contributed by atoms with Gasteiger partial charge in [0.2, 0.25) is 0 Å². The molecule has 1 fully saturated rings. The standard InChI is InChI=1S/C16H17N3O3/c1-11-10-12(6-7-14(11)19(21)22)16(20)18-9-3-5-15(18)13-4-2-8-17-13/h2,4,6-8,10,15,17H,3,5,9H2,1H3. The minimum Gasteiger partial charge on any atom is -0.363 e. The first-order valence-corrected chi connectivity index (χ1v) is 7.27. The Hall–Kier alpha value is -2.63. The van der Waals surface area contributed by atoms with Gasteiger partial charge in [0.1, 0.15) is 0 Å². The second-order valence-corrected chi connectivity index (χ2v) is 5.54. The minimum absolute atomic E-state index is 0.0406. The van der Waals surface area contributed by atoms with Crippen LogP contribution in [-0.4, -0.2) is 27.3 Å². The Bertz CT molecular complexity index is 709. The molecule has 1 aliphatic heterocycles. The van der Waals surface area contributed by atoms with E-state index < -0.39 is 4.92 Å². The van der Waals surface area contributed by atoms with E-state index in [1.54, 1.807) is 13.0 Å². The van der Waals surface area contributed by atoms with E-state index in [4.69, 9.17) is 0 Å². The average molecular weight is 299 g/mol. The number of nitrogens with zero attached hydrogens (tertiary/aromatic N) is 2. The quantitative estimate of drug-likeness (QED) is 0.698. The molecule has 1 unspecified atom stereocenters. The van der Waals surface area contributed by atoms with Gasteiger partial charge in [-0.3, -0.25) is 14.9 Å². The summed E-state index contributed by atoms with van der Waals surface area (Å²) in [6.07, 6.45) is 3.74. The Morgan fingerprint density at radius 1 is 1.41 bits per heavy atom. The number of aromatic amines is 1. The summed E-state index contributed by atoms with van der Waals surface area (Å²) in [5.74, 6) is -0.0740. The summed E-state index contributed by atoms with van der Waals surface area (Å²) in [6, 6.07) is 8.51. The Labute approximate surface area is 127 Å². The fraction of sp³-hybridized carbons (Fsp3) is 0.312. The van der Waals surface area contributed by atoms with Gasteiger partial charge in [-0.05, 0) is 44.0 Å². The number of carbonyl (C=O) groups excluding carboxylic acids is 1. The summed E-state index contributed by atoms with van der Waals surface area (Å²) in [7, 11) is 0. The summed E-state index contributed by atoms with van der Waals surface area (Å²) < 4.78 is 0. The molecular formula is C16H17N3O3. The van der Waals surface area contributed by atoms with Gasteiger partial charge in [0.25, 0.3) is 11.6 Å². The van der Waals surface area contributed by atoms with Crippen molar-refractivity contribution in [1.29, 1.82) is 0 Å². The molecule has 114 valence electrons. The zero-order valence-electron chi connectivity index (χ0n) is 12.3. The summed E-state index contributed by atoms with van der Waals surface area (Å²) in [5, 5.41) is 10.9. The van der Waals surface area contributed by atoms with Gasteiger partial charge in [0, 0.05) is 35.6 Å². The van der Waals surface area contributed by atoms with Crippen molar-refractivity contribution in [3.05, 3.63) is 63.5 Å². The number of nitro groups is 1. The number of H-pyrrole nitrogens is 1. The first kappa shape index (κ1) is 14.3. The van der Waals surface area contributed by atoms with Crippen molar-refractivity contribution < 1.29 is 9.72 Å². The van der Waals surface area contributed by atoms with Crippen LogP contribution in [0.5, 0.6) is 0 Å². The van der Waals surface area contributed by atoms with Crippen LogP contribution in [0.4, 0.5) is 5.69 Å². The lowest BCUT2D eigenvalue weighted by Crippen LogP contribution is -2.30. The van der Waals surface area contributed by atoms with Crippen molar-refractivity contribution in [2.45, 2.75) is 25.8 Å². The van der Waals surface area contributed by atoms with Gasteiger partial charge in [-0.1, -0.05) is 0 Å². The van der Waals surface area contributed by atoms with Crippen LogP contribution in [0.2, 0.25) is 0 Å². The normalized spacial score (nSPS) is 17.7. The van der Waals surface area contributed by atoms with Gasteiger partial charge in [-0.2, -0.15) is 0 Å². The molecule has 0 aliphatic carbocycles. The lowest BCUT2D eigenvalue weighted by Gasteiger charge is -2.24. The number of likely N-dealkylation sites (tertiary alicyclic amines) is 1. The number of hydrogen-bond acceptors (Lipinski definition) is 3. The summed E-state index contributed by atoms with van der Waals surface area (Å²) in [5.41, 5.74) is 2.08. The molecule has 0 radical (unpaired) electrons. The van der Waals surface area contributed by atoms with Crippen LogP contribution in [0.15, 0.2) is 36.5 Å². The highest BCUT2D eigenvalue weighted by molar-refractivity contribution is 5.95. The monoisotopic (exact) mass is 299 g/mol. The Morgan fingerprint density at radius 2 is 2.23 bits per heavy atom. The lowest BCUT2D eigenvalue weighted by molar-refractivity contribution is -0.385. The third-order valence-electron chi connectivity index (χ3n) is 4.14. The molecule has 2 heterocycles. The van der Waals surface area contributed by atoms with Gasteiger partial charge >= 0.3 is 0 Å². The molecule has 0 spiro atoms. The Kier molecular flexibility index (Phi) is 3.66. The van der Waals surface area contributed by atoms with Crippen molar-refractivity contribution in [2.75, 3.05) is 6.54 Å².